The second-order valence-corrected chi connectivity index (χ2v) is 8.22. The van der Waals surface area contributed by atoms with Gasteiger partial charge in [0.25, 0.3) is 0 Å². The first kappa shape index (κ1) is 22.5. The molecule has 0 atom stereocenters. The van der Waals surface area contributed by atoms with Crippen LogP contribution in [0.3, 0.4) is 0 Å². The molecule has 168 valence electrons. The summed E-state index contributed by atoms with van der Waals surface area (Å²) in [5.41, 5.74) is 3.33. The van der Waals surface area contributed by atoms with Crippen molar-refractivity contribution in [3.63, 3.8) is 0 Å². The second kappa shape index (κ2) is 10.3. The number of halogens is 1. The summed E-state index contributed by atoms with van der Waals surface area (Å²) in [5, 5.41) is 12.0. The Bertz CT molecular complexity index is 1240. The molecule has 0 radical (unpaired) electrons. The largest absolute Gasteiger partial charge is 0.494 e. The highest BCUT2D eigenvalue weighted by atomic mass is 32.2. The summed E-state index contributed by atoms with van der Waals surface area (Å²) in [7, 11) is 0. The van der Waals surface area contributed by atoms with Gasteiger partial charge in [0, 0.05) is 16.9 Å². The molecule has 1 heterocycles. The molecule has 0 spiro atoms. The van der Waals surface area contributed by atoms with Gasteiger partial charge >= 0.3 is 0 Å². The minimum Gasteiger partial charge on any atom is -0.494 e. The van der Waals surface area contributed by atoms with E-state index in [0.717, 1.165) is 22.6 Å². The summed E-state index contributed by atoms with van der Waals surface area (Å²) in [6.45, 7) is 4.55. The molecular weight excluding hydrogens is 439 g/mol. The highest BCUT2D eigenvalue weighted by Crippen LogP contribution is 2.29. The molecule has 33 heavy (non-hydrogen) atoms. The van der Waals surface area contributed by atoms with Gasteiger partial charge in [-0.1, -0.05) is 47.7 Å². The maximum Gasteiger partial charge on any atom is 0.234 e. The Balaban J connectivity index is 1.60. The van der Waals surface area contributed by atoms with Crippen molar-refractivity contribution >= 4 is 23.4 Å². The molecule has 0 aliphatic carbocycles. The number of carbonyl (C=O) groups excluding carboxylic acids is 1. The Morgan fingerprint density at radius 3 is 2.52 bits per heavy atom. The van der Waals surface area contributed by atoms with Crippen LogP contribution in [0.1, 0.15) is 12.5 Å². The van der Waals surface area contributed by atoms with E-state index >= 15 is 0 Å². The zero-order valence-electron chi connectivity index (χ0n) is 18.3. The van der Waals surface area contributed by atoms with Gasteiger partial charge in [-0.3, -0.25) is 9.36 Å². The van der Waals surface area contributed by atoms with Crippen LogP contribution in [0.4, 0.5) is 10.1 Å². The number of nitrogens with one attached hydrogen (secondary N) is 1. The number of aromatic nitrogens is 3. The van der Waals surface area contributed by atoms with Gasteiger partial charge in [-0.25, -0.2) is 4.39 Å². The minimum absolute atomic E-state index is 0.0968. The first-order valence-corrected chi connectivity index (χ1v) is 11.5. The number of hydrogen-bond donors (Lipinski definition) is 1. The molecule has 0 saturated heterocycles. The molecule has 4 aromatic rings. The maximum atomic E-state index is 13.4. The number of thioether (sulfide) groups is 1. The van der Waals surface area contributed by atoms with Crippen molar-refractivity contribution in [2.75, 3.05) is 17.7 Å². The summed E-state index contributed by atoms with van der Waals surface area (Å²) in [6, 6.07) is 21.5. The van der Waals surface area contributed by atoms with E-state index in [1.165, 1.54) is 23.9 Å². The molecule has 0 aliphatic rings. The van der Waals surface area contributed by atoms with Crippen LogP contribution in [-0.4, -0.2) is 33.0 Å². The van der Waals surface area contributed by atoms with Crippen LogP contribution in [0.25, 0.3) is 17.1 Å². The van der Waals surface area contributed by atoms with Crippen LogP contribution in [0, 0.1) is 12.7 Å². The van der Waals surface area contributed by atoms with E-state index in [0.29, 0.717) is 23.3 Å². The fourth-order valence-corrected chi connectivity index (χ4v) is 3.99. The third-order valence-corrected chi connectivity index (χ3v) is 5.72. The average molecular weight is 463 g/mol. The lowest BCUT2D eigenvalue weighted by atomic mass is 10.1. The van der Waals surface area contributed by atoms with Crippen molar-refractivity contribution in [1.82, 2.24) is 14.8 Å². The number of carbonyl (C=O) groups is 1. The molecule has 1 N–H and O–H groups in total. The highest BCUT2D eigenvalue weighted by Gasteiger charge is 2.17. The number of anilines is 1. The maximum absolute atomic E-state index is 13.4. The predicted molar refractivity (Wildman–Crippen MR) is 128 cm³/mol. The Morgan fingerprint density at radius 2 is 1.82 bits per heavy atom. The number of nitrogens with zero attached hydrogens (tertiary/aromatic N) is 3. The molecule has 6 nitrogen and oxygen atoms in total. The van der Waals surface area contributed by atoms with E-state index < -0.39 is 5.82 Å². The molecule has 0 aliphatic heterocycles. The molecule has 4 rings (SSSR count). The van der Waals surface area contributed by atoms with Gasteiger partial charge < -0.3 is 10.1 Å². The Kier molecular flexibility index (Phi) is 7.04. The molecule has 1 amide bonds. The van der Waals surface area contributed by atoms with Crippen molar-refractivity contribution in [3.05, 3.63) is 84.2 Å². The topological polar surface area (TPSA) is 69.0 Å². The van der Waals surface area contributed by atoms with Crippen LogP contribution in [0.5, 0.6) is 5.75 Å². The first-order chi connectivity index (χ1) is 16.0. The molecule has 0 fully saturated rings. The smallest absolute Gasteiger partial charge is 0.234 e. The van der Waals surface area contributed by atoms with Crippen LogP contribution in [0.15, 0.2) is 78.0 Å². The molecule has 0 unspecified atom stereocenters. The van der Waals surface area contributed by atoms with Gasteiger partial charge in [-0.05, 0) is 56.3 Å². The lowest BCUT2D eigenvalue weighted by molar-refractivity contribution is -0.113. The predicted octanol–water partition coefficient (Wildman–Crippen LogP) is 5.51. The molecule has 0 bridgehead atoms. The fourth-order valence-electron chi connectivity index (χ4n) is 3.24. The van der Waals surface area contributed by atoms with Gasteiger partial charge in [0.15, 0.2) is 11.0 Å². The normalized spacial score (nSPS) is 10.8. The van der Waals surface area contributed by atoms with Gasteiger partial charge in [0.2, 0.25) is 5.91 Å². The number of amides is 1. The monoisotopic (exact) mass is 462 g/mol. The Labute approximate surface area is 195 Å². The second-order valence-electron chi connectivity index (χ2n) is 7.28. The fraction of sp³-hybridized carbons (Fsp3) is 0.160. The lowest BCUT2D eigenvalue weighted by Gasteiger charge is -2.12. The number of ether oxygens (including phenoxy) is 1. The zero-order valence-corrected chi connectivity index (χ0v) is 19.1. The molecule has 1 aromatic heterocycles. The zero-order chi connectivity index (χ0) is 23.2. The SMILES string of the molecule is CCOc1ccc(-n2c(SCC(=O)Nc3cccc(F)c3)nnc2-c2ccc(C)cc2)cc1. The molecule has 0 saturated carbocycles. The van der Waals surface area contributed by atoms with E-state index in [1.807, 2.05) is 66.9 Å². The summed E-state index contributed by atoms with van der Waals surface area (Å²) in [5.74, 6) is 0.879. The van der Waals surface area contributed by atoms with Crippen LogP contribution in [-0.2, 0) is 4.79 Å². The van der Waals surface area contributed by atoms with Crippen LogP contribution in [0.2, 0.25) is 0 Å². The summed E-state index contributed by atoms with van der Waals surface area (Å²) in [6.07, 6.45) is 0. The third-order valence-electron chi connectivity index (χ3n) is 4.79. The van der Waals surface area contributed by atoms with Gasteiger partial charge in [-0.2, -0.15) is 0 Å². The summed E-state index contributed by atoms with van der Waals surface area (Å²) >= 11 is 1.26. The molecule has 3 aromatic carbocycles. The van der Waals surface area contributed by atoms with Crippen molar-refractivity contribution in [2.45, 2.75) is 19.0 Å². The minimum atomic E-state index is -0.404. The van der Waals surface area contributed by atoms with E-state index in [2.05, 4.69) is 15.5 Å². The standard InChI is InChI=1S/C25H23FN4O2S/c1-3-32-22-13-11-21(12-14-22)30-24(18-9-7-17(2)8-10-18)28-29-25(30)33-16-23(31)27-20-6-4-5-19(26)15-20/h4-15H,3,16H2,1-2H3,(H,27,31). The number of benzene rings is 3. The van der Waals surface area contributed by atoms with Crippen molar-refractivity contribution in [3.8, 4) is 22.8 Å². The third kappa shape index (κ3) is 5.59. The number of aryl methyl sites for hydroxylation is 1. The van der Waals surface area contributed by atoms with Gasteiger partial charge in [0.05, 0.1) is 12.4 Å². The quantitative estimate of drug-likeness (QED) is 0.350. The van der Waals surface area contributed by atoms with Gasteiger partial charge in [0.1, 0.15) is 11.6 Å². The van der Waals surface area contributed by atoms with Crippen LogP contribution >= 0.6 is 11.8 Å². The Morgan fingerprint density at radius 1 is 1.06 bits per heavy atom. The van der Waals surface area contributed by atoms with Crippen molar-refractivity contribution in [1.29, 1.82) is 0 Å². The first-order valence-electron chi connectivity index (χ1n) is 10.5. The molecular formula is C25H23FN4O2S. The van der Waals surface area contributed by atoms with Crippen LogP contribution < -0.4 is 10.1 Å². The van der Waals surface area contributed by atoms with Gasteiger partial charge in [-0.15, -0.1) is 10.2 Å². The lowest BCUT2D eigenvalue weighted by Crippen LogP contribution is -2.14. The summed E-state index contributed by atoms with van der Waals surface area (Å²) < 4.78 is 20.9. The molecule has 8 heteroatoms. The van der Waals surface area contributed by atoms with E-state index in [1.54, 1.807) is 12.1 Å². The van der Waals surface area contributed by atoms with E-state index in [-0.39, 0.29) is 11.7 Å². The number of hydrogen-bond acceptors (Lipinski definition) is 5. The number of rotatable bonds is 8. The highest BCUT2D eigenvalue weighted by molar-refractivity contribution is 7.99. The van der Waals surface area contributed by atoms with E-state index in [9.17, 15) is 9.18 Å². The summed E-state index contributed by atoms with van der Waals surface area (Å²) in [4.78, 5) is 12.4. The average Bonchev–Trinajstić information content (AvgIpc) is 3.23. The van der Waals surface area contributed by atoms with E-state index in [4.69, 9.17) is 4.74 Å². The van der Waals surface area contributed by atoms with Crippen molar-refractivity contribution in [2.24, 2.45) is 0 Å². The van der Waals surface area contributed by atoms with Crippen molar-refractivity contribution < 1.29 is 13.9 Å². The Hall–Kier alpha value is -3.65.